The molecule has 0 saturated carbocycles. The van der Waals surface area contributed by atoms with Crippen molar-refractivity contribution in [1.29, 1.82) is 0 Å². The molecule has 0 radical (unpaired) electrons. The van der Waals surface area contributed by atoms with Gasteiger partial charge in [-0.3, -0.25) is 4.79 Å². The lowest BCUT2D eigenvalue weighted by Gasteiger charge is -2.47. The number of aliphatic carboxylic acids is 1. The average Bonchev–Trinajstić information content (AvgIpc) is 3.41. The zero-order chi connectivity index (χ0) is 24.3. The smallest absolute Gasteiger partial charge is 0.250 e. The average molecular weight is 499 g/mol. The van der Waals surface area contributed by atoms with Gasteiger partial charge < -0.3 is 25.6 Å². The first-order chi connectivity index (χ1) is 16.3. The minimum Gasteiger partial charge on any atom is -0.543 e. The van der Waals surface area contributed by atoms with Crippen LogP contribution in [-0.4, -0.2) is 44.7 Å². The van der Waals surface area contributed by atoms with Crippen LogP contribution in [0.15, 0.2) is 47.5 Å². The molecule has 4 heterocycles. The molecule has 0 unspecified atom stereocenters. The maximum absolute atomic E-state index is 12.6. The van der Waals surface area contributed by atoms with Crippen LogP contribution in [0.3, 0.4) is 0 Å². The third kappa shape index (κ3) is 3.39. The summed E-state index contributed by atoms with van der Waals surface area (Å²) in [6.07, 6.45) is 5.12. The molecule has 8 nitrogen and oxygen atoms in total. The second kappa shape index (κ2) is 8.53. The third-order valence-corrected chi connectivity index (χ3v) is 8.93. The van der Waals surface area contributed by atoms with Crippen molar-refractivity contribution in [2.24, 2.45) is 17.6 Å². The SMILES string of the molecule is CSc1c2sc(C3=C(C(=O)[O-])N4C(=O)[C@H]([C@@H](C)O)[C@H]4[C@H]3C)cn2c[n+]1Cc1ccc(CN)cc1. The highest BCUT2D eigenvalue weighted by Gasteiger charge is 2.59. The minimum atomic E-state index is -1.36. The van der Waals surface area contributed by atoms with Crippen molar-refractivity contribution in [3.05, 3.63) is 58.5 Å². The molecular formula is C24H26N4O4S2. The van der Waals surface area contributed by atoms with Crippen LogP contribution in [0, 0.1) is 11.8 Å². The Bertz CT molecular complexity index is 1320. The number of β-lactam (4-membered cyclic amide) rings is 1. The molecule has 1 aromatic carbocycles. The number of rotatable bonds is 7. The van der Waals surface area contributed by atoms with E-state index in [0.717, 1.165) is 25.9 Å². The van der Waals surface area contributed by atoms with Crippen molar-refractivity contribution >= 4 is 45.4 Å². The number of nitrogens with zero attached hydrogens (tertiary/aromatic N) is 3. The first kappa shape index (κ1) is 23.1. The van der Waals surface area contributed by atoms with Crippen molar-refractivity contribution < 1.29 is 24.4 Å². The molecule has 4 atom stereocenters. The van der Waals surface area contributed by atoms with Crippen molar-refractivity contribution in [3.63, 3.8) is 0 Å². The lowest BCUT2D eigenvalue weighted by Crippen LogP contribution is -2.64. The molecule has 1 fully saturated rings. The zero-order valence-electron chi connectivity index (χ0n) is 19.1. The Kier molecular flexibility index (Phi) is 5.79. The van der Waals surface area contributed by atoms with E-state index >= 15 is 0 Å². The highest BCUT2D eigenvalue weighted by Crippen LogP contribution is 2.51. The number of amides is 1. The molecule has 2 aromatic heterocycles. The van der Waals surface area contributed by atoms with E-state index in [9.17, 15) is 19.8 Å². The maximum Gasteiger partial charge on any atom is 0.250 e. The molecule has 178 valence electrons. The molecular weight excluding hydrogens is 472 g/mol. The lowest BCUT2D eigenvalue weighted by atomic mass is 9.77. The van der Waals surface area contributed by atoms with Crippen LogP contribution >= 0.6 is 23.1 Å². The number of nitrogens with two attached hydrogens (primary N) is 1. The molecule has 2 aliphatic heterocycles. The molecule has 10 heteroatoms. The summed E-state index contributed by atoms with van der Waals surface area (Å²) in [5, 5.41) is 23.2. The number of hydrogen-bond donors (Lipinski definition) is 2. The first-order valence-electron chi connectivity index (χ1n) is 11.1. The number of carbonyl (C=O) groups excluding carboxylic acids is 2. The van der Waals surface area contributed by atoms with Gasteiger partial charge in [0, 0.05) is 18.0 Å². The Labute approximate surface area is 205 Å². The number of carbonyl (C=O) groups is 2. The van der Waals surface area contributed by atoms with Crippen LogP contribution in [-0.2, 0) is 22.7 Å². The number of aliphatic hydroxyl groups excluding tert-OH is 1. The van der Waals surface area contributed by atoms with E-state index < -0.39 is 18.0 Å². The molecule has 0 bridgehead atoms. The quantitative estimate of drug-likeness (QED) is 0.283. The number of carboxylic acids is 1. The highest BCUT2D eigenvalue weighted by molar-refractivity contribution is 7.98. The zero-order valence-corrected chi connectivity index (χ0v) is 20.7. The van der Waals surface area contributed by atoms with E-state index in [1.807, 2.05) is 42.2 Å². The number of hydrogen-bond acceptors (Lipinski definition) is 7. The van der Waals surface area contributed by atoms with Crippen LogP contribution in [0.5, 0.6) is 0 Å². The van der Waals surface area contributed by atoms with Gasteiger partial charge in [-0.15, -0.1) is 0 Å². The van der Waals surface area contributed by atoms with Crippen molar-refractivity contribution in [2.45, 2.75) is 44.1 Å². The summed E-state index contributed by atoms with van der Waals surface area (Å²) in [5.74, 6) is -2.53. The number of carboxylic acid groups (broad SMARTS) is 1. The number of aliphatic hydroxyl groups is 1. The molecule has 0 aliphatic carbocycles. The van der Waals surface area contributed by atoms with Crippen LogP contribution < -0.4 is 15.4 Å². The van der Waals surface area contributed by atoms with Gasteiger partial charge in [0.2, 0.25) is 15.8 Å². The van der Waals surface area contributed by atoms with E-state index in [2.05, 4.69) is 16.7 Å². The van der Waals surface area contributed by atoms with Crippen LogP contribution in [0.1, 0.15) is 29.9 Å². The fourth-order valence-electron chi connectivity index (χ4n) is 5.24. The maximum atomic E-state index is 12.6. The molecule has 0 spiro atoms. The highest BCUT2D eigenvalue weighted by atomic mass is 32.2. The fraction of sp³-hybridized carbons (Fsp3) is 0.375. The number of thioether (sulfide) groups is 1. The van der Waals surface area contributed by atoms with Crippen LogP contribution in [0.4, 0.5) is 0 Å². The Morgan fingerprint density at radius 1 is 1.32 bits per heavy atom. The first-order valence-corrected chi connectivity index (χ1v) is 13.1. The third-order valence-electron chi connectivity index (χ3n) is 6.84. The lowest BCUT2D eigenvalue weighted by molar-refractivity contribution is -0.721. The Morgan fingerprint density at radius 2 is 2.00 bits per heavy atom. The van der Waals surface area contributed by atoms with E-state index in [1.165, 1.54) is 16.2 Å². The van der Waals surface area contributed by atoms with Crippen LogP contribution in [0.25, 0.3) is 10.4 Å². The van der Waals surface area contributed by atoms with Gasteiger partial charge in [0.25, 0.3) is 6.33 Å². The topological polar surface area (TPSA) is 115 Å². The summed E-state index contributed by atoms with van der Waals surface area (Å²) < 4.78 is 4.18. The number of thiazole rings is 1. The largest absolute Gasteiger partial charge is 0.543 e. The van der Waals surface area contributed by atoms with Gasteiger partial charge in [-0.05, 0) is 24.3 Å². The Hall–Kier alpha value is -2.66. The summed E-state index contributed by atoms with van der Waals surface area (Å²) in [4.78, 5) is 27.8. The number of fused-ring (bicyclic) bond motifs is 2. The molecule has 34 heavy (non-hydrogen) atoms. The summed E-state index contributed by atoms with van der Waals surface area (Å²) in [6, 6.07) is 7.86. The molecule has 5 rings (SSSR count). The van der Waals surface area contributed by atoms with Gasteiger partial charge in [-0.1, -0.05) is 54.3 Å². The second-order valence-corrected chi connectivity index (χ2v) is 10.7. The Morgan fingerprint density at radius 3 is 2.59 bits per heavy atom. The molecule has 2 aliphatic rings. The summed E-state index contributed by atoms with van der Waals surface area (Å²) >= 11 is 3.14. The molecule has 3 N–H and O–H groups in total. The number of imidazole rings is 1. The standard InChI is InChI=1S/C24H26N4O4S2/c1-12-17(20(24(31)32)28-19(12)18(13(2)29)21(28)30)16-10-27-11-26(22(33-3)23(27)34-16)9-15-6-4-14(8-25)5-7-15/h4-7,10-13,18-19,29H,8-9,25H2,1-3H3/t12-,13+,18+,19+/m0/s1. The number of aromatic nitrogens is 2. The predicted molar refractivity (Wildman–Crippen MR) is 128 cm³/mol. The normalized spacial score (nSPS) is 22.9. The fourth-order valence-corrected chi connectivity index (χ4v) is 7.41. The molecule has 1 amide bonds. The van der Waals surface area contributed by atoms with E-state index in [-0.39, 0.29) is 23.6 Å². The second-order valence-electron chi connectivity index (χ2n) is 8.88. The van der Waals surface area contributed by atoms with E-state index in [4.69, 9.17) is 5.73 Å². The van der Waals surface area contributed by atoms with Gasteiger partial charge in [0.15, 0.2) is 0 Å². The summed E-state index contributed by atoms with van der Waals surface area (Å²) in [6.45, 7) is 4.71. The van der Waals surface area contributed by atoms with Gasteiger partial charge in [-0.2, -0.15) is 4.40 Å². The molecule has 1 saturated heterocycles. The number of benzene rings is 1. The van der Waals surface area contributed by atoms with Crippen LogP contribution in [0.2, 0.25) is 0 Å². The van der Waals surface area contributed by atoms with Gasteiger partial charge in [0.1, 0.15) is 12.7 Å². The summed E-state index contributed by atoms with van der Waals surface area (Å²) in [7, 11) is 0. The molecule has 3 aromatic rings. The minimum absolute atomic E-state index is 0.0672. The van der Waals surface area contributed by atoms with Gasteiger partial charge >= 0.3 is 0 Å². The van der Waals surface area contributed by atoms with Crippen molar-refractivity contribution in [2.75, 3.05) is 6.26 Å². The monoisotopic (exact) mass is 498 g/mol. The Balaban J connectivity index is 1.53. The predicted octanol–water partition coefficient (Wildman–Crippen LogP) is 0.836. The van der Waals surface area contributed by atoms with Gasteiger partial charge in [0.05, 0.1) is 34.6 Å². The van der Waals surface area contributed by atoms with E-state index in [1.54, 1.807) is 18.7 Å². The van der Waals surface area contributed by atoms with Crippen molar-refractivity contribution in [1.82, 2.24) is 9.30 Å². The van der Waals surface area contributed by atoms with Crippen molar-refractivity contribution in [3.8, 4) is 0 Å². The summed E-state index contributed by atoms with van der Waals surface area (Å²) in [5.41, 5.74) is 8.49. The van der Waals surface area contributed by atoms with E-state index in [0.29, 0.717) is 18.7 Å². The van der Waals surface area contributed by atoms with Gasteiger partial charge in [-0.25, -0.2) is 4.57 Å².